The van der Waals surface area contributed by atoms with E-state index in [9.17, 15) is 101 Å². The van der Waals surface area contributed by atoms with Gasteiger partial charge in [-0.2, -0.15) is 11.8 Å². The Morgan fingerprint density at radius 1 is 0.281 bits per heavy atom. The van der Waals surface area contributed by atoms with E-state index in [2.05, 4.69) is 47.9 Å². The number of nitrogens with zero attached hydrogens (tertiary/aromatic N) is 12. The lowest BCUT2D eigenvalue weighted by atomic mass is 10.1. The summed E-state index contributed by atoms with van der Waals surface area (Å²) < 4.78 is 0. The monoisotopic (exact) mass is 1810 g/mol. The summed E-state index contributed by atoms with van der Waals surface area (Å²) in [5.41, 5.74) is 0. The van der Waals surface area contributed by atoms with Crippen LogP contribution in [0.1, 0.15) is 173 Å². The van der Waals surface area contributed by atoms with Crippen molar-refractivity contribution in [1.29, 1.82) is 0 Å². The molecular formula is C84H123N21O22S. The summed E-state index contributed by atoms with van der Waals surface area (Å²) in [6.07, 6.45) is 13.0. The SMILES string of the molecule is CSCC[C@H](NC(=O)CNC(=O)[C@@H]1CCCN1C(=O)[C@@H]1CCCN1)C(=O)N1CCC[C@H]1C(=O)NCC(=O)N1CCC[C@H]1C(=O)N1CCC[C@H]1C(=O)NCC(=O)N1CCC[C@H]1C(=O)N1CCC[C@H]1C(=O)NCC(=O)N1CCC[C@H]1C(=O)N1CCC[C@H]1C(=O)NCC(=O)N1CCC[C@H]1C(=O)N1CCC[C@H]1C(=O)NCC(=O)N1CCC[C@H]1C(=O)N1CCC[C@H]1C(=O)NCC(=O)O. The van der Waals surface area contributed by atoms with Gasteiger partial charge in [0.2, 0.25) is 118 Å². The Morgan fingerprint density at radius 2 is 0.508 bits per heavy atom. The van der Waals surface area contributed by atoms with Gasteiger partial charge in [0.1, 0.15) is 85.1 Å². The number of rotatable bonds is 32. The average Bonchev–Trinajstić information content (AvgIpc) is 1.66. The van der Waals surface area contributed by atoms with E-state index in [1.165, 1.54) is 65.7 Å². The zero-order valence-electron chi connectivity index (χ0n) is 72.8. The molecule has 20 amide bonds. The van der Waals surface area contributed by atoms with Gasteiger partial charge in [-0.1, -0.05) is 0 Å². The van der Waals surface area contributed by atoms with Crippen LogP contribution < -0.4 is 47.9 Å². The topological polar surface area (TPSA) is 526 Å². The quantitative estimate of drug-likeness (QED) is 0.0300. The van der Waals surface area contributed by atoms with Gasteiger partial charge in [0.05, 0.1) is 45.3 Å². The highest BCUT2D eigenvalue weighted by atomic mass is 32.2. The van der Waals surface area contributed by atoms with E-state index >= 15 is 0 Å². The van der Waals surface area contributed by atoms with Crippen LogP contribution in [-0.2, 0) is 101 Å². The van der Waals surface area contributed by atoms with Gasteiger partial charge < -0.3 is 112 Å². The molecule has 14 atom stereocenters. The number of carbonyl (C=O) groups is 21. The molecule has 702 valence electrons. The van der Waals surface area contributed by atoms with E-state index in [0.717, 1.165) is 13.0 Å². The molecule has 43 nitrogen and oxygen atoms in total. The van der Waals surface area contributed by atoms with Crippen LogP contribution in [0.4, 0.5) is 0 Å². The van der Waals surface area contributed by atoms with E-state index in [4.69, 9.17) is 5.11 Å². The van der Waals surface area contributed by atoms with Crippen molar-refractivity contribution in [2.45, 2.75) is 258 Å². The maximum absolute atomic E-state index is 14.5. The van der Waals surface area contributed by atoms with Crippen LogP contribution in [0.15, 0.2) is 0 Å². The van der Waals surface area contributed by atoms with Gasteiger partial charge in [0, 0.05) is 78.5 Å². The molecule has 0 aromatic heterocycles. The smallest absolute Gasteiger partial charge is 0.322 e. The largest absolute Gasteiger partial charge is 0.480 e. The zero-order valence-corrected chi connectivity index (χ0v) is 73.6. The predicted octanol–water partition coefficient (Wildman–Crippen LogP) is -6.23. The Hall–Kier alpha value is -10.8. The van der Waals surface area contributed by atoms with E-state index < -0.39 is 243 Å². The molecule has 13 rings (SSSR count). The molecule has 0 radical (unpaired) electrons. The first kappa shape index (κ1) is 94.8. The Morgan fingerprint density at radius 3 is 0.758 bits per heavy atom. The number of carbonyl (C=O) groups excluding carboxylic acids is 20. The molecule has 128 heavy (non-hydrogen) atoms. The number of hydrogen-bond acceptors (Lipinski definition) is 23. The fourth-order valence-electron chi connectivity index (χ4n) is 21.2. The van der Waals surface area contributed by atoms with Crippen LogP contribution in [0, 0.1) is 0 Å². The third kappa shape index (κ3) is 21.7. The second-order valence-electron chi connectivity index (χ2n) is 35.5. The van der Waals surface area contributed by atoms with Crippen LogP contribution >= 0.6 is 11.8 Å². The van der Waals surface area contributed by atoms with Crippen molar-refractivity contribution in [3.8, 4) is 0 Å². The molecule has 13 heterocycles. The van der Waals surface area contributed by atoms with Crippen molar-refractivity contribution in [2.24, 2.45) is 0 Å². The number of hydrogen-bond donors (Lipinski definition) is 10. The van der Waals surface area contributed by atoms with Gasteiger partial charge in [0.25, 0.3) is 0 Å². The lowest BCUT2D eigenvalue weighted by Gasteiger charge is -2.32. The van der Waals surface area contributed by atoms with Gasteiger partial charge in [-0.3, -0.25) is 101 Å². The minimum Gasteiger partial charge on any atom is -0.480 e. The van der Waals surface area contributed by atoms with Crippen LogP contribution in [0.3, 0.4) is 0 Å². The molecule has 0 unspecified atom stereocenters. The minimum atomic E-state index is -1.23. The van der Waals surface area contributed by atoms with E-state index in [-0.39, 0.29) is 148 Å². The van der Waals surface area contributed by atoms with Crippen LogP contribution in [0.2, 0.25) is 0 Å². The molecule has 13 aliphatic heterocycles. The highest BCUT2D eigenvalue weighted by Gasteiger charge is 2.51. The number of aliphatic carboxylic acids is 1. The van der Waals surface area contributed by atoms with Crippen molar-refractivity contribution < 1.29 is 106 Å². The first-order valence-corrected chi connectivity index (χ1v) is 47.3. The number of likely N-dealkylation sites (tertiary alicyclic amines) is 12. The molecular weight excluding hydrogens is 1690 g/mol. The summed E-state index contributed by atoms with van der Waals surface area (Å²) in [6.45, 7) is -0.144. The Kier molecular flexibility index (Phi) is 32.2. The molecule has 0 aliphatic carbocycles. The maximum atomic E-state index is 14.5. The number of nitrogens with one attached hydrogen (secondary N) is 9. The second kappa shape index (κ2) is 43.5. The molecule has 10 N–H and O–H groups in total. The number of carboxylic acid groups (broad SMARTS) is 1. The summed E-state index contributed by atoms with van der Waals surface area (Å²) in [4.78, 5) is 305. The zero-order chi connectivity index (χ0) is 91.1. The Bertz CT molecular complexity index is 4290. The molecule has 0 bridgehead atoms. The summed E-state index contributed by atoms with van der Waals surface area (Å²) in [5, 5.41) is 33.3. The average molecular weight is 1810 g/mol. The van der Waals surface area contributed by atoms with Crippen molar-refractivity contribution in [3.05, 3.63) is 0 Å². The second-order valence-corrected chi connectivity index (χ2v) is 36.5. The predicted molar refractivity (Wildman–Crippen MR) is 451 cm³/mol. The summed E-state index contributed by atoms with van der Waals surface area (Å²) >= 11 is 1.46. The molecule has 44 heteroatoms. The fourth-order valence-corrected chi connectivity index (χ4v) is 21.7. The first-order valence-electron chi connectivity index (χ1n) is 45.9. The van der Waals surface area contributed by atoms with E-state index in [1.807, 2.05) is 6.26 Å². The van der Waals surface area contributed by atoms with E-state index in [1.54, 1.807) is 4.90 Å². The Balaban J connectivity index is 0.519. The molecule has 0 aromatic rings. The normalized spacial score (nSPS) is 27.0. The molecule has 0 aromatic carbocycles. The van der Waals surface area contributed by atoms with E-state index in [0.29, 0.717) is 115 Å². The third-order valence-electron chi connectivity index (χ3n) is 27.7. The highest BCUT2D eigenvalue weighted by molar-refractivity contribution is 7.98. The number of thioether (sulfide) groups is 1. The van der Waals surface area contributed by atoms with Crippen LogP contribution in [-0.4, -0.2) is 416 Å². The van der Waals surface area contributed by atoms with Crippen molar-refractivity contribution in [1.82, 2.24) is 107 Å². The van der Waals surface area contributed by atoms with Gasteiger partial charge in [-0.25, -0.2) is 0 Å². The third-order valence-corrected chi connectivity index (χ3v) is 28.3. The van der Waals surface area contributed by atoms with Crippen LogP contribution in [0.25, 0.3) is 0 Å². The van der Waals surface area contributed by atoms with Gasteiger partial charge in [0.15, 0.2) is 0 Å². The lowest BCUT2D eigenvalue weighted by Crippen LogP contribution is -2.57. The van der Waals surface area contributed by atoms with Crippen molar-refractivity contribution >= 4 is 136 Å². The van der Waals surface area contributed by atoms with Gasteiger partial charge in [-0.15, -0.1) is 0 Å². The Labute approximate surface area is 745 Å². The lowest BCUT2D eigenvalue weighted by molar-refractivity contribution is -0.148. The van der Waals surface area contributed by atoms with Gasteiger partial charge in [-0.05, 0) is 192 Å². The molecule has 0 spiro atoms. The van der Waals surface area contributed by atoms with Crippen LogP contribution in [0.5, 0.6) is 0 Å². The first-order chi connectivity index (χ1) is 61.6. The maximum Gasteiger partial charge on any atom is 0.322 e. The van der Waals surface area contributed by atoms with Gasteiger partial charge >= 0.3 is 5.97 Å². The summed E-state index contributed by atoms with van der Waals surface area (Å²) in [6, 6.07) is -12.6. The summed E-state index contributed by atoms with van der Waals surface area (Å²) in [7, 11) is 0. The molecule has 13 fully saturated rings. The molecule has 13 aliphatic rings. The highest BCUT2D eigenvalue weighted by Crippen LogP contribution is 2.33. The number of amides is 20. The molecule has 0 saturated carbocycles. The number of carboxylic acids is 1. The minimum absolute atomic E-state index is 0.135. The fraction of sp³-hybridized carbons (Fsp3) is 0.750. The molecule has 13 saturated heterocycles. The van der Waals surface area contributed by atoms with Crippen molar-refractivity contribution in [2.75, 3.05) is 143 Å². The van der Waals surface area contributed by atoms with Crippen molar-refractivity contribution in [3.63, 3.8) is 0 Å². The standard InChI is InChI=1S/C84H123N21O22S/c1-128-42-28-51(93-64(106)43-86-71(114)52-16-3-35-99(52)78(121)50-15-2-29-85-50)79(122)100-36-4-17-53(100)72(115)87-44-65(107)94-30-10-23-59(94)80(123)101-37-5-18-54(101)73(116)88-45-66(108)95-31-11-24-60(95)81(124)102-38-6-19-55(102)74(117)89-46-67(109)96-32-12-25-61(96)82(125)103-39-7-20-56(103)75(118)90-47-68(110)97-33-13-26-62(97)83(126)104-40-8-21-57(104)76(119)91-48-69(111)98-34-14-27-63(98)84(127)105-41-9-22-58(105)77(120)92-49-70(112)113/h50-63,85H,2-49H2,1H3,(H,86,114)(H,87,115)(H,88,116)(H,89,117)(H,90,118)(H,91,119)(H,92,120)(H,93,106)(H,112,113)/t50-,51-,52-,53-,54-,55-,56-,57-,58-,59-,60-,61-,62-,63-/m0/s1. The summed E-state index contributed by atoms with van der Waals surface area (Å²) in [5.74, 6) is -11.2.